The van der Waals surface area contributed by atoms with Gasteiger partial charge in [0.15, 0.2) is 0 Å². The van der Waals surface area contributed by atoms with Crippen LogP contribution in [-0.4, -0.2) is 5.91 Å². The predicted octanol–water partition coefficient (Wildman–Crippen LogP) is 6.63. The van der Waals surface area contributed by atoms with Gasteiger partial charge in [0.1, 0.15) is 0 Å². The highest BCUT2D eigenvalue weighted by Gasteiger charge is 2.18. The molecule has 2 heteroatoms. The molecule has 0 aliphatic heterocycles. The molecule has 2 aromatic rings. The van der Waals surface area contributed by atoms with Gasteiger partial charge in [-0.05, 0) is 46.4 Å². The number of hydrogen-bond acceptors (Lipinski definition) is 1. The molecule has 2 nitrogen and oxygen atoms in total. The molecule has 0 saturated carbocycles. The molecule has 2 aromatic carbocycles. The smallest absolute Gasteiger partial charge is 0.224 e. The van der Waals surface area contributed by atoms with Crippen LogP contribution in [0.2, 0.25) is 0 Å². The quantitative estimate of drug-likeness (QED) is 0.596. The maximum Gasteiger partial charge on any atom is 0.224 e. The van der Waals surface area contributed by atoms with Gasteiger partial charge in [-0.2, -0.15) is 0 Å². The van der Waals surface area contributed by atoms with E-state index in [2.05, 4.69) is 71.1 Å². The average molecular weight is 352 g/mol. The Balaban J connectivity index is 2.27. The zero-order valence-corrected chi connectivity index (χ0v) is 17.1. The first kappa shape index (κ1) is 20.2. The first-order chi connectivity index (χ1) is 12.3. The summed E-state index contributed by atoms with van der Waals surface area (Å²) in [5, 5.41) is 3.24. The van der Waals surface area contributed by atoms with Crippen LogP contribution in [0.5, 0.6) is 0 Å². The topological polar surface area (TPSA) is 29.1 Å². The van der Waals surface area contributed by atoms with E-state index < -0.39 is 0 Å². The van der Waals surface area contributed by atoms with Crippen LogP contribution in [0.3, 0.4) is 0 Å². The largest absolute Gasteiger partial charge is 0.326 e. The van der Waals surface area contributed by atoms with Crippen molar-refractivity contribution in [2.45, 2.75) is 72.1 Å². The molecule has 0 aromatic heterocycles. The fourth-order valence-corrected chi connectivity index (χ4v) is 3.20. The Bertz CT molecular complexity index is 700. The second-order valence-electron chi connectivity index (χ2n) is 8.07. The Labute approximate surface area is 159 Å². The average Bonchev–Trinajstić information content (AvgIpc) is 2.60. The van der Waals surface area contributed by atoms with Crippen LogP contribution in [0.15, 0.2) is 42.5 Å². The second kappa shape index (κ2) is 9.02. The molecule has 0 saturated heterocycles. The monoisotopic (exact) mass is 351 g/mol. The van der Waals surface area contributed by atoms with Gasteiger partial charge in [-0.15, -0.1) is 0 Å². The normalized spacial score (nSPS) is 11.4. The number of benzene rings is 2. The van der Waals surface area contributed by atoms with Gasteiger partial charge in [0, 0.05) is 12.1 Å². The summed E-state index contributed by atoms with van der Waals surface area (Å²) in [5.41, 5.74) is 6.06. The molecule has 0 spiro atoms. The van der Waals surface area contributed by atoms with Crippen molar-refractivity contribution in [3.8, 4) is 0 Å². The second-order valence-corrected chi connectivity index (χ2v) is 8.07. The molecule has 1 amide bonds. The Morgan fingerprint density at radius 3 is 1.85 bits per heavy atom. The van der Waals surface area contributed by atoms with E-state index in [0.717, 1.165) is 12.1 Å². The lowest BCUT2D eigenvalue weighted by Gasteiger charge is -2.23. The summed E-state index contributed by atoms with van der Waals surface area (Å²) in [7, 11) is 0. The van der Waals surface area contributed by atoms with E-state index in [9.17, 15) is 4.79 Å². The van der Waals surface area contributed by atoms with Crippen LogP contribution < -0.4 is 5.32 Å². The van der Waals surface area contributed by atoms with Crippen molar-refractivity contribution < 1.29 is 4.79 Å². The lowest BCUT2D eigenvalue weighted by atomic mass is 9.87. The summed E-state index contributed by atoms with van der Waals surface area (Å²) < 4.78 is 0. The summed E-state index contributed by atoms with van der Waals surface area (Å²) in [4.78, 5) is 12.6. The SMILES string of the molecule is CC(C)c1cc(C(C)C)c(NC(=O)CCc2ccccc2)c(C(C)C)c1. The maximum absolute atomic E-state index is 12.6. The maximum atomic E-state index is 12.6. The minimum Gasteiger partial charge on any atom is -0.326 e. The summed E-state index contributed by atoms with van der Waals surface area (Å²) in [6.07, 6.45) is 1.27. The Kier molecular flexibility index (Phi) is 7.02. The van der Waals surface area contributed by atoms with E-state index in [1.165, 1.54) is 22.3 Å². The molecule has 1 N–H and O–H groups in total. The van der Waals surface area contributed by atoms with Gasteiger partial charge < -0.3 is 5.32 Å². The van der Waals surface area contributed by atoms with Gasteiger partial charge in [-0.3, -0.25) is 4.79 Å². The number of hydrogen-bond donors (Lipinski definition) is 1. The molecule has 0 aliphatic rings. The fraction of sp³-hybridized carbons (Fsp3) is 0.458. The zero-order valence-electron chi connectivity index (χ0n) is 17.1. The molecule has 26 heavy (non-hydrogen) atoms. The molecule has 0 fully saturated rings. The number of carbonyl (C=O) groups excluding carboxylic acids is 1. The van der Waals surface area contributed by atoms with E-state index in [1.54, 1.807) is 0 Å². The van der Waals surface area contributed by atoms with Crippen molar-refractivity contribution >= 4 is 11.6 Å². The molecule has 0 bridgehead atoms. The van der Waals surface area contributed by atoms with Gasteiger partial charge >= 0.3 is 0 Å². The van der Waals surface area contributed by atoms with Gasteiger partial charge in [0.25, 0.3) is 0 Å². The number of carbonyl (C=O) groups is 1. The van der Waals surface area contributed by atoms with Crippen molar-refractivity contribution in [3.05, 3.63) is 64.7 Å². The number of rotatable bonds is 7. The van der Waals surface area contributed by atoms with Crippen molar-refractivity contribution in [2.24, 2.45) is 0 Å². The number of nitrogens with one attached hydrogen (secondary N) is 1. The Morgan fingerprint density at radius 2 is 1.38 bits per heavy atom. The minimum absolute atomic E-state index is 0.0925. The summed E-state index contributed by atoms with van der Waals surface area (Å²) in [5.74, 6) is 1.31. The number of anilines is 1. The summed E-state index contributed by atoms with van der Waals surface area (Å²) in [6.45, 7) is 13.2. The molecule has 2 rings (SSSR count). The van der Waals surface area contributed by atoms with Crippen LogP contribution in [0.25, 0.3) is 0 Å². The zero-order chi connectivity index (χ0) is 19.3. The molecule has 140 valence electrons. The predicted molar refractivity (Wildman–Crippen MR) is 112 cm³/mol. The third-order valence-corrected chi connectivity index (χ3v) is 4.88. The molecular formula is C24H33NO. The Morgan fingerprint density at radius 1 is 0.846 bits per heavy atom. The molecule has 0 heterocycles. The van der Waals surface area contributed by atoms with E-state index in [4.69, 9.17) is 0 Å². The van der Waals surface area contributed by atoms with Crippen LogP contribution >= 0.6 is 0 Å². The fourth-order valence-electron chi connectivity index (χ4n) is 3.20. The molecule has 0 radical (unpaired) electrons. The first-order valence-electron chi connectivity index (χ1n) is 9.81. The van der Waals surface area contributed by atoms with Gasteiger partial charge in [-0.1, -0.05) is 84.0 Å². The molecule has 0 aliphatic carbocycles. The first-order valence-corrected chi connectivity index (χ1v) is 9.81. The van der Waals surface area contributed by atoms with Crippen LogP contribution in [0, 0.1) is 0 Å². The number of amides is 1. The van der Waals surface area contributed by atoms with E-state index >= 15 is 0 Å². The minimum atomic E-state index is 0.0925. The highest BCUT2D eigenvalue weighted by Crippen LogP contribution is 2.36. The van der Waals surface area contributed by atoms with Gasteiger partial charge in [0.05, 0.1) is 0 Å². The highest BCUT2D eigenvalue weighted by molar-refractivity contribution is 5.93. The van der Waals surface area contributed by atoms with Crippen LogP contribution in [0.1, 0.15) is 88.0 Å². The lowest BCUT2D eigenvalue weighted by Crippen LogP contribution is -2.17. The van der Waals surface area contributed by atoms with Gasteiger partial charge in [0.2, 0.25) is 5.91 Å². The molecular weight excluding hydrogens is 318 g/mol. The van der Waals surface area contributed by atoms with E-state index in [0.29, 0.717) is 24.2 Å². The summed E-state index contributed by atoms with van der Waals surface area (Å²) in [6, 6.07) is 14.7. The van der Waals surface area contributed by atoms with Crippen molar-refractivity contribution in [1.29, 1.82) is 0 Å². The number of aryl methyl sites for hydroxylation is 1. The van der Waals surface area contributed by atoms with Gasteiger partial charge in [-0.25, -0.2) is 0 Å². The van der Waals surface area contributed by atoms with Crippen LogP contribution in [0.4, 0.5) is 5.69 Å². The molecule has 0 atom stereocenters. The standard InChI is InChI=1S/C24H33NO/c1-16(2)20-14-21(17(3)4)24(22(15-20)18(5)6)25-23(26)13-12-19-10-8-7-9-11-19/h7-11,14-18H,12-13H2,1-6H3,(H,25,26). The Hall–Kier alpha value is -2.09. The third-order valence-electron chi connectivity index (χ3n) is 4.88. The van der Waals surface area contributed by atoms with Crippen molar-refractivity contribution in [3.63, 3.8) is 0 Å². The van der Waals surface area contributed by atoms with Crippen LogP contribution in [-0.2, 0) is 11.2 Å². The molecule has 0 unspecified atom stereocenters. The van der Waals surface area contributed by atoms with Crippen molar-refractivity contribution in [2.75, 3.05) is 5.32 Å². The van der Waals surface area contributed by atoms with E-state index in [1.807, 2.05) is 18.2 Å². The highest BCUT2D eigenvalue weighted by atomic mass is 16.1. The van der Waals surface area contributed by atoms with E-state index in [-0.39, 0.29) is 5.91 Å². The van der Waals surface area contributed by atoms with Crippen molar-refractivity contribution in [1.82, 2.24) is 0 Å². The third kappa shape index (κ3) is 5.20. The summed E-state index contributed by atoms with van der Waals surface area (Å²) >= 11 is 0. The lowest BCUT2D eigenvalue weighted by molar-refractivity contribution is -0.116.